The number of hydrogen-bond acceptors (Lipinski definition) is 1. The second-order valence-corrected chi connectivity index (χ2v) is 3.57. The number of benzene rings is 1. The summed E-state index contributed by atoms with van der Waals surface area (Å²) in [6.45, 7) is 0. The predicted octanol–water partition coefficient (Wildman–Crippen LogP) is 4.05. The van der Waals surface area contributed by atoms with Crippen LogP contribution in [0.25, 0.3) is 11.1 Å². The van der Waals surface area contributed by atoms with Gasteiger partial charge in [-0.25, -0.2) is 9.37 Å². The van der Waals surface area contributed by atoms with Crippen LogP contribution in [0.4, 0.5) is 22.0 Å². The summed E-state index contributed by atoms with van der Waals surface area (Å²) in [5, 5.41) is 0. The van der Waals surface area contributed by atoms with E-state index >= 15 is 0 Å². The van der Waals surface area contributed by atoms with E-state index in [1.165, 1.54) is 12.1 Å². The molecule has 0 fully saturated rings. The molecule has 1 aromatic heterocycles. The average Bonchev–Trinajstić information content (AvgIpc) is 2.32. The number of hydrogen-bond donors (Lipinski definition) is 0. The van der Waals surface area contributed by atoms with Gasteiger partial charge in [0.15, 0.2) is 5.82 Å². The van der Waals surface area contributed by atoms with Gasteiger partial charge in [-0.05, 0) is 23.8 Å². The van der Waals surface area contributed by atoms with Gasteiger partial charge in [0, 0.05) is 11.8 Å². The third-order valence-electron chi connectivity index (χ3n) is 2.34. The molecule has 6 heteroatoms. The van der Waals surface area contributed by atoms with Gasteiger partial charge in [0.25, 0.3) is 0 Å². The summed E-state index contributed by atoms with van der Waals surface area (Å²) in [5.74, 6) is -2.39. The highest BCUT2D eigenvalue weighted by molar-refractivity contribution is 5.62. The van der Waals surface area contributed by atoms with E-state index in [0.717, 1.165) is 24.4 Å². The minimum Gasteiger partial charge on any atom is -0.225 e. The monoisotopic (exact) mass is 259 g/mol. The van der Waals surface area contributed by atoms with Crippen molar-refractivity contribution >= 4 is 0 Å². The Hall–Kier alpha value is -1.98. The second kappa shape index (κ2) is 4.36. The van der Waals surface area contributed by atoms with Crippen molar-refractivity contribution in [2.45, 2.75) is 6.18 Å². The number of rotatable bonds is 1. The van der Waals surface area contributed by atoms with Crippen molar-refractivity contribution in [3.05, 3.63) is 53.9 Å². The zero-order chi connectivity index (χ0) is 13.3. The molecule has 0 saturated carbocycles. The minimum absolute atomic E-state index is 0.211. The van der Waals surface area contributed by atoms with E-state index in [0.29, 0.717) is 5.56 Å². The molecule has 1 heterocycles. The number of aromatic nitrogens is 1. The molecule has 0 amide bonds. The van der Waals surface area contributed by atoms with Gasteiger partial charge in [0.2, 0.25) is 5.95 Å². The van der Waals surface area contributed by atoms with Gasteiger partial charge in [-0.2, -0.15) is 17.6 Å². The molecule has 0 N–H and O–H groups in total. The fraction of sp³-hybridized carbons (Fsp3) is 0.0833. The Balaban J connectivity index is 2.37. The first-order valence-electron chi connectivity index (χ1n) is 4.86. The maximum absolute atomic E-state index is 12.9. The minimum atomic E-state index is -4.43. The van der Waals surface area contributed by atoms with E-state index < -0.39 is 23.5 Å². The van der Waals surface area contributed by atoms with Crippen LogP contribution in [-0.4, -0.2) is 4.98 Å². The fourth-order valence-corrected chi connectivity index (χ4v) is 1.43. The molecular weight excluding hydrogens is 253 g/mol. The quantitative estimate of drug-likeness (QED) is 0.556. The number of pyridine rings is 1. The maximum atomic E-state index is 12.9. The molecule has 18 heavy (non-hydrogen) atoms. The number of alkyl halides is 3. The highest BCUT2D eigenvalue weighted by atomic mass is 19.4. The van der Waals surface area contributed by atoms with Crippen LogP contribution >= 0.6 is 0 Å². The van der Waals surface area contributed by atoms with E-state index in [-0.39, 0.29) is 5.56 Å². The van der Waals surface area contributed by atoms with E-state index in [2.05, 4.69) is 4.98 Å². The molecule has 0 unspecified atom stereocenters. The number of halogens is 5. The van der Waals surface area contributed by atoms with Crippen LogP contribution in [-0.2, 0) is 6.18 Å². The Morgan fingerprint density at radius 2 is 1.50 bits per heavy atom. The van der Waals surface area contributed by atoms with Crippen LogP contribution in [0.15, 0.2) is 36.5 Å². The lowest BCUT2D eigenvalue weighted by atomic mass is 10.1. The summed E-state index contributed by atoms with van der Waals surface area (Å²) < 4.78 is 62.5. The Kier molecular flexibility index (Phi) is 3.02. The maximum Gasteiger partial charge on any atom is 0.416 e. The van der Waals surface area contributed by atoms with Gasteiger partial charge in [0.1, 0.15) is 0 Å². The summed E-state index contributed by atoms with van der Waals surface area (Å²) in [6, 6.07) is 4.98. The fourth-order valence-electron chi connectivity index (χ4n) is 1.43. The molecule has 0 atom stereocenters. The van der Waals surface area contributed by atoms with Crippen molar-refractivity contribution in [1.82, 2.24) is 4.98 Å². The highest BCUT2D eigenvalue weighted by Crippen LogP contribution is 2.30. The summed E-state index contributed by atoms with van der Waals surface area (Å²) in [6.07, 6.45) is -3.37. The van der Waals surface area contributed by atoms with Crippen molar-refractivity contribution in [2.24, 2.45) is 0 Å². The van der Waals surface area contributed by atoms with Crippen LogP contribution in [0.1, 0.15) is 5.56 Å². The standard InChI is InChI=1S/C12H6F5N/c13-10-5-8(6-18-11(10)14)7-1-3-9(4-2-7)12(15,16)17/h1-6H. The highest BCUT2D eigenvalue weighted by Gasteiger charge is 2.29. The largest absolute Gasteiger partial charge is 0.416 e. The van der Waals surface area contributed by atoms with Gasteiger partial charge >= 0.3 is 6.18 Å². The smallest absolute Gasteiger partial charge is 0.225 e. The van der Waals surface area contributed by atoms with Gasteiger partial charge in [0.05, 0.1) is 5.56 Å². The lowest BCUT2D eigenvalue weighted by Gasteiger charge is -2.07. The first-order chi connectivity index (χ1) is 8.38. The predicted molar refractivity (Wildman–Crippen MR) is 54.6 cm³/mol. The van der Waals surface area contributed by atoms with Crippen molar-refractivity contribution in [3.63, 3.8) is 0 Å². The molecule has 0 bridgehead atoms. The molecule has 0 aliphatic heterocycles. The molecule has 2 aromatic rings. The van der Waals surface area contributed by atoms with Crippen molar-refractivity contribution in [3.8, 4) is 11.1 Å². The summed E-state index contributed by atoms with van der Waals surface area (Å²) >= 11 is 0. The first kappa shape index (κ1) is 12.5. The summed E-state index contributed by atoms with van der Waals surface area (Å²) in [5.41, 5.74) is -0.265. The van der Waals surface area contributed by atoms with Crippen molar-refractivity contribution in [2.75, 3.05) is 0 Å². The second-order valence-electron chi connectivity index (χ2n) is 3.57. The normalized spacial score (nSPS) is 11.6. The Morgan fingerprint density at radius 1 is 0.889 bits per heavy atom. The zero-order valence-electron chi connectivity index (χ0n) is 8.80. The lowest BCUT2D eigenvalue weighted by molar-refractivity contribution is -0.137. The van der Waals surface area contributed by atoms with Crippen LogP contribution < -0.4 is 0 Å². The molecule has 1 aromatic carbocycles. The van der Waals surface area contributed by atoms with Crippen LogP contribution in [0.5, 0.6) is 0 Å². The van der Waals surface area contributed by atoms with Crippen LogP contribution in [0.2, 0.25) is 0 Å². The number of nitrogens with zero attached hydrogens (tertiary/aromatic N) is 1. The van der Waals surface area contributed by atoms with Crippen LogP contribution in [0, 0.1) is 11.8 Å². The Morgan fingerprint density at radius 3 is 2.00 bits per heavy atom. The van der Waals surface area contributed by atoms with E-state index in [1.54, 1.807) is 0 Å². The molecule has 0 aliphatic rings. The molecule has 0 aliphatic carbocycles. The lowest BCUT2D eigenvalue weighted by Crippen LogP contribution is -2.04. The summed E-state index contributed by atoms with van der Waals surface area (Å²) in [4.78, 5) is 3.16. The topological polar surface area (TPSA) is 12.9 Å². The van der Waals surface area contributed by atoms with E-state index in [1.807, 2.05) is 0 Å². The molecule has 0 saturated heterocycles. The molecule has 0 spiro atoms. The summed E-state index contributed by atoms with van der Waals surface area (Å²) in [7, 11) is 0. The average molecular weight is 259 g/mol. The molecule has 0 radical (unpaired) electrons. The molecule has 2 rings (SSSR count). The van der Waals surface area contributed by atoms with E-state index in [4.69, 9.17) is 0 Å². The zero-order valence-corrected chi connectivity index (χ0v) is 8.80. The molecular formula is C12H6F5N. The SMILES string of the molecule is Fc1cc(-c2ccc(C(F)(F)F)cc2)cnc1F. The van der Waals surface area contributed by atoms with Crippen molar-refractivity contribution in [1.29, 1.82) is 0 Å². The van der Waals surface area contributed by atoms with E-state index in [9.17, 15) is 22.0 Å². The molecule has 1 nitrogen and oxygen atoms in total. The van der Waals surface area contributed by atoms with Crippen LogP contribution in [0.3, 0.4) is 0 Å². The van der Waals surface area contributed by atoms with Crippen molar-refractivity contribution < 1.29 is 22.0 Å². The van der Waals surface area contributed by atoms with Gasteiger partial charge in [-0.15, -0.1) is 0 Å². The van der Waals surface area contributed by atoms with Gasteiger partial charge < -0.3 is 0 Å². The van der Waals surface area contributed by atoms with Gasteiger partial charge in [-0.1, -0.05) is 12.1 Å². The first-order valence-corrected chi connectivity index (χ1v) is 4.86. The third kappa shape index (κ3) is 2.47. The Bertz CT molecular complexity index is 560. The van der Waals surface area contributed by atoms with Gasteiger partial charge in [-0.3, -0.25) is 0 Å². The molecule has 94 valence electrons. The Labute approximate surface area is 98.9 Å². The third-order valence-corrected chi connectivity index (χ3v) is 2.34.